The molecule has 0 aromatic carbocycles. The van der Waals surface area contributed by atoms with Crippen molar-refractivity contribution in [2.75, 3.05) is 6.54 Å². The third-order valence-corrected chi connectivity index (χ3v) is 1.66. The van der Waals surface area contributed by atoms with Gasteiger partial charge in [0.05, 0.1) is 12.2 Å². The molecule has 0 saturated carbocycles. The Morgan fingerprint density at radius 2 is 2.38 bits per heavy atom. The van der Waals surface area contributed by atoms with Gasteiger partial charge >= 0.3 is 0 Å². The first-order valence-corrected chi connectivity index (χ1v) is 4.24. The van der Waals surface area contributed by atoms with E-state index in [2.05, 4.69) is 15.5 Å². The van der Waals surface area contributed by atoms with Crippen molar-refractivity contribution in [2.24, 2.45) is 0 Å². The number of hydrogen-bond donors (Lipinski definition) is 2. The lowest BCUT2D eigenvalue weighted by Gasteiger charge is -2.00. The van der Waals surface area contributed by atoms with E-state index in [9.17, 15) is 8.78 Å². The highest BCUT2D eigenvalue weighted by molar-refractivity contribution is 5.07. The van der Waals surface area contributed by atoms with Crippen molar-refractivity contribution in [2.45, 2.75) is 26.3 Å². The molecule has 0 unspecified atom stereocenters. The van der Waals surface area contributed by atoms with Crippen LogP contribution in [-0.2, 0) is 13.0 Å². The Kier molecular flexibility index (Phi) is 3.82. The summed E-state index contributed by atoms with van der Waals surface area (Å²) in [4.78, 5) is 0. The molecule has 5 heteroatoms. The molecular formula is C8H13F2N3. The number of halogens is 2. The van der Waals surface area contributed by atoms with Crippen LogP contribution in [-0.4, -0.2) is 23.2 Å². The van der Waals surface area contributed by atoms with Crippen LogP contribution in [0.25, 0.3) is 0 Å². The van der Waals surface area contributed by atoms with Crippen LogP contribution in [0.5, 0.6) is 0 Å². The summed E-state index contributed by atoms with van der Waals surface area (Å²) in [6.07, 6.45) is -1.45. The average Bonchev–Trinajstić information content (AvgIpc) is 2.52. The lowest BCUT2D eigenvalue weighted by atomic mass is 10.3. The van der Waals surface area contributed by atoms with Gasteiger partial charge in [-0.25, -0.2) is 8.78 Å². The summed E-state index contributed by atoms with van der Waals surface area (Å²) in [6, 6.07) is 1.87. The second-order valence-electron chi connectivity index (χ2n) is 2.76. The molecule has 2 N–H and O–H groups in total. The van der Waals surface area contributed by atoms with Gasteiger partial charge in [0.1, 0.15) is 0 Å². The summed E-state index contributed by atoms with van der Waals surface area (Å²) >= 11 is 0. The molecule has 1 aromatic heterocycles. The molecule has 3 nitrogen and oxygen atoms in total. The first-order valence-electron chi connectivity index (χ1n) is 4.24. The van der Waals surface area contributed by atoms with E-state index in [0.717, 1.165) is 17.8 Å². The normalized spacial score (nSPS) is 11.1. The summed E-state index contributed by atoms with van der Waals surface area (Å²) in [5, 5.41) is 9.37. The van der Waals surface area contributed by atoms with Crippen molar-refractivity contribution in [3.63, 3.8) is 0 Å². The molecule has 13 heavy (non-hydrogen) atoms. The summed E-state index contributed by atoms with van der Waals surface area (Å²) in [7, 11) is 0. The van der Waals surface area contributed by atoms with E-state index in [4.69, 9.17) is 0 Å². The Bertz CT molecular complexity index is 247. The number of aromatic nitrogens is 2. The van der Waals surface area contributed by atoms with Crippen LogP contribution < -0.4 is 5.32 Å². The Morgan fingerprint density at radius 1 is 1.62 bits per heavy atom. The first kappa shape index (κ1) is 10.1. The molecule has 0 bridgehead atoms. The fourth-order valence-corrected chi connectivity index (χ4v) is 0.997. The minimum absolute atomic E-state index is 0.277. The summed E-state index contributed by atoms with van der Waals surface area (Å²) in [5.41, 5.74) is 1.80. The highest BCUT2D eigenvalue weighted by Crippen LogP contribution is 1.99. The van der Waals surface area contributed by atoms with Crippen molar-refractivity contribution in [3.8, 4) is 0 Å². The second-order valence-corrected chi connectivity index (χ2v) is 2.76. The minimum atomic E-state index is -2.30. The van der Waals surface area contributed by atoms with Gasteiger partial charge in [-0.2, -0.15) is 5.10 Å². The van der Waals surface area contributed by atoms with Gasteiger partial charge in [0.15, 0.2) is 0 Å². The lowest BCUT2D eigenvalue weighted by Crippen LogP contribution is -2.20. The maximum Gasteiger partial charge on any atom is 0.250 e. The van der Waals surface area contributed by atoms with Crippen LogP contribution in [0, 0.1) is 0 Å². The molecule has 1 heterocycles. The van der Waals surface area contributed by atoms with Crippen LogP contribution in [0.1, 0.15) is 18.3 Å². The van der Waals surface area contributed by atoms with Crippen molar-refractivity contribution in [3.05, 3.63) is 17.5 Å². The summed E-state index contributed by atoms with van der Waals surface area (Å²) in [6.45, 7) is 2.13. The van der Waals surface area contributed by atoms with Gasteiger partial charge < -0.3 is 5.32 Å². The molecule has 0 spiro atoms. The number of nitrogens with zero attached hydrogens (tertiary/aromatic N) is 1. The predicted molar refractivity (Wildman–Crippen MR) is 45.7 cm³/mol. The summed E-state index contributed by atoms with van der Waals surface area (Å²) in [5.74, 6) is 0. The van der Waals surface area contributed by atoms with Crippen LogP contribution in [0.4, 0.5) is 8.78 Å². The number of H-pyrrole nitrogens is 1. The van der Waals surface area contributed by atoms with Crippen LogP contribution >= 0.6 is 0 Å². The first-order chi connectivity index (χ1) is 6.22. The van der Waals surface area contributed by atoms with Crippen molar-refractivity contribution < 1.29 is 8.78 Å². The Morgan fingerprint density at radius 3 is 2.92 bits per heavy atom. The van der Waals surface area contributed by atoms with E-state index in [0.29, 0.717) is 6.54 Å². The zero-order valence-electron chi connectivity index (χ0n) is 7.48. The van der Waals surface area contributed by atoms with E-state index in [1.54, 1.807) is 0 Å². The molecule has 74 valence electrons. The maximum atomic E-state index is 11.7. The topological polar surface area (TPSA) is 40.7 Å². The average molecular weight is 189 g/mol. The molecule has 0 aliphatic carbocycles. The van der Waals surface area contributed by atoms with E-state index in [1.807, 2.05) is 13.0 Å². The SMILES string of the molecule is CCc1cc(CNCC(F)F)[nH]n1. The van der Waals surface area contributed by atoms with Gasteiger partial charge in [-0.15, -0.1) is 0 Å². The Balaban J connectivity index is 2.28. The van der Waals surface area contributed by atoms with E-state index < -0.39 is 6.43 Å². The smallest absolute Gasteiger partial charge is 0.250 e. The molecule has 1 aromatic rings. The number of alkyl halides is 2. The van der Waals surface area contributed by atoms with E-state index in [1.165, 1.54) is 0 Å². The minimum Gasteiger partial charge on any atom is -0.306 e. The van der Waals surface area contributed by atoms with Gasteiger partial charge in [-0.1, -0.05) is 6.92 Å². The van der Waals surface area contributed by atoms with Gasteiger partial charge in [0, 0.05) is 12.2 Å². The second kappa shape index (κ2) is 4.91. The van der Waals surface area contributed by atoms with Crippen molar-refractivity contribution >= 4 is 0 Å². The number of aromatic amines is 1. The molecular weight excluding hydrogens is 176 g/mol. The number of rotatable bonds is 5. The van der Waals surface area contributed by atoms with Crippen LogP contribution in [0.15, 0.2) is 6.07 Å². The van der Waals surface area contributed by atoms with Crippen molar-refractivity contribution in [1.82, 2.24) is 15.5 Å². The number of nitrogens with one attached hydrogen (secondary N) is 2. The third kappa shape index (κ3) is 3.50. The van der Waals surface area contributed by atoms with Gasteiger partial charge in [0.25, 0.3) is 6.43 Å². The largest absolute Gasteiger partial charge is 0.306 e. The summed E-state index contributed by atoms with van der Waals surface area (Å²) < 4.78 is 23.4. The molecule has 0 fully saturated rings. The van der Waals surface area contributed by atoms with E-state index in [-0.39, 0.29) is 6.54 Å². The monoisotopic (exact) mass is 189 g/mol. The van der Waals surface area contributed by atoms with Gasteiger partial charge in [-0.05, 0) is 12.5 Å². The number of hydrogen-bond acceptors (Lipinski definition) is 2. The molecule has 0 aliphatic heterocycles. The molecule has 0 saturated heterocycles. The molecule has 0 radical (unpaired) electrons. The molecule has 1 rings (SSSR count). The maximum absolute atomic E-state index is 11.7. The van der Waals surface area contributed by atoms with Crippen LogP contribution in [0.3, 0.4) is 0 Å². The fourth-order valence-electron chi connectivity index (χ4n) is 0.997. The standard InChI is InChI=1S/C8H13F2N3/c1-2-6-3-7(13-12-6)4-11-5-8(9)10/h3,8,11H,2,4-5H2,1H3,(H,12,13). The quantitative estimate of drug-likeness (QED) is 0.733. The molecule has 0 aliphatic rings. The van der Waals surface area contributed by atoms with Gasteiger partial charge in [-0.3, -0.25) is 5.10 Å². The van der Waals surface area contributed by atoms with Gasteiger partial charge in [0.2, 0.25) is 0 Å². The Labute approximate surface area is 75.5 Å². The molecule has 0 amide bonds. The third-order valence-electron chi connectivity index (χ3n) is 1.66. The Hall–Kier alpha value is -0.970. The molecule has 0 atom stereocenters. The highest BCUT2D eigenvalue weighted by Gasteiger charge is 2.02. The lowest BCUT2D eigenvalue weighted by molar-refractivity contribution is 0.145. The number of aryl methyl sites for hydroxylation is 1. The predicted octanol–water partition coefficient (Wildman–Crippen LogP) is 1.33. The van der Waals surface area contributed by atoms with Crippen LogP contribution in [0.2, 0.25) is 0 Å². The zero-order chi connectivity index (χ0) is 9.68. The van der Waals surface area contributed by atoms with E-state index >= 15 is 0 Å². The highest BCUT2D eigenvalue weighted by atomic mass is 19.3. The van der Waals surface area contributed by atoms with Crippen molar-refractivity contribution in [1.29, 1.82) is 0 Å². The fraction of sp³-hybridized carbons (Fsp3) is 0.625. The zero-order valence-corrected chi connectivity index (χ0v) is 7.48.